The molecular formula is C20H23N3O2. The van der Waals surface area contributed by atoms with Crippen molar-refractivity contribution in [2.45, 2.75) is 25.3 Å². The lowest BCUT2D eigenvalue weighted by atomic mass is 10.0. The van der Waals surface area contributed by atoms with Crippen molar-refractivity contribution in [1.82, 2.24) is 10.2 Å². The lowest BCUT2D eigenvalue weighted by Crippen LogP contribution is -2.46. The number of rotatable bonds is 4. The number of nitrogens with zero attached hydrogens (tertiary/aromatic N) is 1. The summed E-state index contributed by atoms with van der Waals surface area (Å²) >= 11 is 0. The van der Waals surface area contributed by atoms with E-state index in [4.69, 9.17) is 5.73 Å². The Morgan fingerprint density at radius 2 is 1.64 bits per heavy atom. The van der Waals surface area contributed by atoms with Crippen LogP contribution in [0.4, 0.5) is 5.69 Å². The number of amides is 2. The predicted molar refractivity (Wildman–Crippen MR) is 98.1 cm³/mol. The van der Waals surface area contributed by atoms with Crippen LogP contribution in [0, 0.1) is 0 Å². The first-order valence-corrected chi connectivity index (χ1v) is 8.60. The number of anilines is 1. The first-order valence-electron chi connectivity index (χ1n) is 8.60. The van der Waals surface area contributed by atoms with Crippen molar-refractivity contribution in [2.75, 3.05) is 18.8 Å². The SMILES string of the molecule is Nc1ccc(CC(=O)NC2CCN(C(=O)c3ccccc3)CC2)cc1. The molecule has 2 aromatic rings. The molecule has 0 bridgehead atoms. The molecule has 130 valence electrons. The Labute approximate surface area is 147 Å². The second kappa shape index (κ2) is 7.83. The van der Waals surface area contributed by atoms with E-state index in [1.807, 2.05) is 47.4 Å². The number of nitrogen functional groups attached to an aromatic ring is 1. The minimum absolute atomic E-state index is 0.0117. The molecule has 0 radical (unpaired) electrons. The fourth-order valence-corrected chi connectivity index (χ4v) is 3.09. The van der Waals surface area contributed by atoms with Gasteiger partial charge in [0, 0.05) is 30.4 Å². The first-order chi connectivity index (χ1) is 12.1. The summed E-state index contributed by atoms with van der Waals surface area (Å²) in [7, 11) is 0. The number of likely N-dealkylation sites (tertiary alicyclic amines) is 1. The molecule has 2 amide bonds. The van der Waals surface area contributed by atoms with Crippen LogP contribution >= 0.6 is 0 Å². The zero-order valence-electron chi connectivity index (χ0n) is 14.2. The molecule has 1 fully saturated rings. The zero-order valence-corrected chi connectivity index (χ0v) is 14.2. The van der Waals surface area contributed by atoms with Crippen LogP contribution in [0.1, 0.15) is 28.8 Å². The maximum Gasteiger partial charge on any atom is 0.253 e. The minimum atomic E-state index is 0.0117. The second-order valence-electron chi connectivity index (χ2n) is 6.42. The van der Waals surface area contributed by atoms with Gasteiger partial charge >= 0.3 is 0 Å². The molecule has 3 rings (SSSR count). The van der Waals surface area contributed by atoms with E-state index in [0.717, 1.165) is 18.4 Å². The summed E-state index contributed by atoms with van der Waals surface area (Å²) in [4.78, 5) is 26.5. The van der Waals surface area contributed by atoms with Crippen LogP contribution < -0.4 is 11.1 Å². The van der Waals surface area contributed by atoms with Gasteiger partial charge in [0.2, 0.25) is 5.91 Å². The summed E-state index contributed by atoms with van der Waals surface area (Å²) in [5.74, 6) is 0.0739. The van der Waals surface area contributed by atoms with Gasteiger partial charge in [-0.05, 0) is 42.7 Å². The van der Waals surface area contributed by atoms with E-state index in [2.05, 4.69) is 5.32 Å². The minimum Gasteiger partial charge on any atom is -0.399 e. The number of nitrogens with two attached hydrogens (primary N) is 1. The molecule has 1 heterocycles. The van der Waals surface area contributed by atoms with Gasteiger partial charge in [0.25, 0.3) is 5.91 Å². The van der Waals surface area contributed by atoms with E-state index >= 15 is 0 Å². The predicted octanol–water partition coefficient (Wildman–Crippen LogP) is 2.23. The number of carbonyl (C=O) groups is 2. The summed E-state index contributed by atoms with van der Waals surface area (Å²) in [5, 5.41) is 3.07. The molecule has 0 atom stereocenters. The Kier molecular flexibility index (Phi) is 5.33. The zero-order chi connectivity index (χ0) is 17.6. The Morgan fingerprint density at radius 3 is 2.28 bits per heavy atom. The van der Waals surface area contributed by atoms with Gasteiger partial charge in [0.15, 0.2) is 0 Å². The van der Waals surface area contributed by atoms with Crippen molar-refractivity contribution >= 4 is 17.5 Å². The van der Waals surface area contributed by atoms with Crippen LogP contribution in [0.5, 0.6) is 0 Å². The third kappa shape index (κ3) is 4.59. The van der Waals surface area contributed by atoms with Gasteiger partial charge in [0.1, 0.15) is 0 Å². The van der Waals surface area contributed by atoms with E-state index < -0.39 is 0 Å². The number of hydrogen-bond acceptors (Lipinski definition) is 3. The van der Waals surface area contributed by atoms with Crippen LogP contribution in [0.3, 0.4) is 0 Å². The van der Waals surface area contributed by atoms with Gasteiger partial charge < -0.3 is 16.0 Å². The number of hydrogen-bond donors (Lipinski definition) is 2. The molecule has 3 N–H and O–H groups in total. The van der Waals surface area contributed by atoms with Crippen molar-refractivity contribution in [3.8, 4) is 0 Å². The summed E-state index contributed by atoms with van der Waals surface area (Å²) in [6.45, 7) is 1.33. The highest BCUT2D eigenvalue weighted by atomic mass is 16.2. The van der Waals surface area contributed by atoms with Crippen molar-refractivity contribution in [1.29, 1.82) is 0 Å². The van der Waals surface area contributed by atoms with E-state index in [9.17, 15) is 9.59 Å². The third-order valence-electron chi connectivity index (χ3n) is 4.51. The maximum atomic E-state index is 12.4. The van der Waals surface area contributed by atoms with Gasteiger partial charge in [-0.1, -0.05) is 30.3 Å². The third-order valence-corrected chi connectivity index (χ3v) is 4.51. The average Bonchev–Trinajstić information content (AvgIpc) is 2.64. The monoisotopic (exact) mass is 337 g/mol. The Balaban J connectivity index is 1.46. The number of piperidine rings is 1. The molecule has 1 aliphatic heterocycles. The van der Waals surface area contributed by atoms with Gasteiger partial charge in [-0.3, -0.25) is 9.59 Å². The van der Waals surface area contributed by atoms with E-state index in [1.165, 1.54) is 0 Å². The van der Waals surface area contributed by atoms with Gasteiger partial charge in [-0.2, -0.15) is 0 Å². The summed E-state index contributed by atoms with van der Waals surface area (Å²) in [6, 6.07) is 16.8. The highest BCUT2D eigenvalue weighted by Gasteiger charge is 2.24. The van der Waals surface area contributed by atoms with Crippen LogP contribution in [-0.2, 0) is 11.2 Å². The van der Waals surface area contributed by atoms with E-state index in [0.29, 0.717) is 30.8 Å². The quantitative estimate of drug-likeness (QED) is 0.840. The van der Waals surface area contributed by atoms with Crippen molar-refractivity contribution < 1.29 is 9.59 Å². The van der Waals surface area contributed by atoms with E-state index in [1.54, 1.807) is 12.1 Å². The molecule has 0 spiro atoms. The van der Waals surface area contributed by atoms with Crippen molar-refractivity contribution in [3.05, 3.63) is 65.7 Å². The van der Waals surface area contributed by atoms with Gasteiger partial charge in [-0.25, -0.2) is 0 Å². The molecule has 1 aliphatic rings. The maximum absolute atomic E-state index is 12.4. The Hall–Kier alpha value is -2.82. The smallest absolute Gasteiger partial charge is 0.253 e. The highest BCUT2D eigenvalue weighted by Crippen LogP contribution is 2.14. The Bertz CT molecular complexity index is 720. The number of benzene rings is 2. The number of nitrogens with one attached hydrogen (secondary N) is 1. The molecule has 0 unspecified atom stereocenters. The van der Waals surface area contributed by atoms with Crippen LogP contribution in [0.15, 0.2) is 54.6 Å². The summed E-state index contributed by atoms with van der Waals surface area (Å²) in [5.41, 5.74) is 8.01. The molecule has 25 heavy (non-hydrogen) atoms. The second-order valence-corrected chi connectivity index (χ2v) is 6.42. The standard InChI is InChI=1S/C20H23N3O2/c21-17-8-6-15(7-9-17)14-19(24)22-18-10-12-23(13-11-18)20(25)16-4-2-1-3-5-16/h1-9,18H,10-14,21H2,(H,22,24). The van der Waals surface area contributed by atoms with Crippen LogP contribution in [0.2, 0.25) is 0 Å². The number of carbonyl (C=O) groups excluding carboxylic acids is 2. The van der Waals surface area contributed by atoms with Crippen molar-refractivity contribution in [2.24, 2.45) is 0 Å². The molecule has 5 heteroatoms. The highest BCUT2D eigenvalue weighted by molar-refractivity contribution is 5.94. The topological polar surface area (TPSA) is 75.4 Å². The van der Waals surface area contributed by atoms with E-state index in [-0.39, 0.29) is 17.9 Å². The Morgan fingerprint density at radius 1 is 1.00 bits per heavy atom. The molecule has 1 saturated heterocycles. The van der Waals surface area contributed by atoms with Crippen molar-refractivity contribution in [3.63, 3.8) is 0 Å². The van der Waals surface area contributed by atoms with Gasteiger partial charge in [0.05, 0.1) is 6.42 Å². The molecule has 0 saturated carbocycles. The normalized spacial score (nSPS) is 15.0. The molecule has 0 aliphatic carbocycles. The lowest BCUT2D eigenvalue weighted by Gasteiger charge is -2.32. The van der Waals surface area contributed by atoms with Gasteiger partial charge in [-0.15, -0.1) is 0 Å². The van der Waals surface area contributed by atoms with Crippen LogP contribution in [0.25, 0.3) is 0 Å². The van der Waals surface area contributed by atoms with Crippen LogP contribution in [-0.4, -0.2) is 35.8 Å². The summed E-state index contributed by atoms with van der Waals surface area (Å²) in [6.07, 6.45) is 1.92. The summed E-state index contributed by atoms with van der Waals surface area (Å²) < 4.78 is 0. The molecule has 0 aromatic heterocycles. The average molecular weight is 337 g/mol. The molecule has 5 nitrogen and oxygen atoms in total. The molecular weight excluding hydrogens is 314 g/mol. The largest absolute Gasteiger partial charge is 0.399 e. The fraction of sp³-hybridized carbons (Fsp3) is 0.300. The molecule has 2 aromatic carbocycles. The first kappa shape index (κ1) is 17.0. The lowest BCUT2D eigenvalue weighted by molar-refractivity contribution is -0.121. The fourth-order valence-electron chi connectivity index (χ4n) is 3.09.